The molecule has 5 heteroatoms. The third-order valence-electron chi connectivity index (χ3n) is 3.29. The summed E-state index contributed by atoms with van der Waals surface area (Å²) in [6.45, 7) is 5.41. The fourth-order valence-corrected chi connectivity index (χ4v) is 2.15. The molecule has 0 saturated heterocycles. The van der Waals surface area contributed by atoms with Gasteiger partial charge in [-0.05, 0) is 32.0 Å². The third-order valence-corrected chi connectivity index (χ3v) is 3.29. The Morgan fingerprint density at radius 3 is 2.86 bits per heavy atom. The van der Waals surface area contributed by atoms with Gasteiger partial charge in [-0.15, -0.1) is 0 Å². The van der Waals surface area contributed by atoms with Crippen LogP contribution in [0.25, 0.3) is 0 Å². The van der Waals surface area contributed by atoms with Crippen LogP contribution >= 0.6 is 0 Å². The molecule has 1 unspecified atom stereocenters. The molecular weight excluding hydrogens is 269 g/mol. The summed E-state index contributed by atoms with van der Waals surface area (Å²) in [5.74, 6) is 0.272. The number of hydrogen-bond acceptors (Lipinski definition) is 3. The fourth-order valence-electron chi connectivity index (χ4n) is 2.15. The summed E-state index contributed by atoms with van der Waals surface area (Å²) >= 11 is 0. The lowest BCUT2D eigenvalue weighted by molar-refractivity contribution is 0.292. The Kier molecular flexibility index (Phi) is 5.33. The fraction of sp³-hybridized carbons (Fsp3) is 0.438. The summed E-state index contributed by atoms with van der Waals surface area (Å²) in [4.78, 5) is 0. The second kappa shape index (κ2) is 7.22. The molecule has 1 atom stereocenters. The van der Waals surface area contributed by atoms with E-state index in [-0.39, 0.29) is 11.9 Å². The molecule has 1 aromatic carbocycles. The van der Waals surface area contributed by atoms with E-state index < -0.39 is 0 Å². The van der Waals surface area contributed by atoms with E-state index in [1.807, 2.05) is 19.3 Å². The van der Waals surface area contributed by atoms with Crippen molar-refractivity contribution in [3.8, 4) is 5.75 Å². The molecule has 1 aromatic heterocycles. The molecule has 114 valence electrons. The van der Waals surface area contributed by atoms with Crippen molar-refractivity contribution < 1.29 is 9.13 Å². The van der Waals surface area contributed by atoms with Gasteiger partial charge in [0.2, 0.25) is 0 Å². The number of benzene rings is 1. The van der Waals surface area contributed by atoms with Gasteiger partial charge in [0.05, 0.1) is 5.69 Å². The predicted octanol–water partition coefficient (Wildman–Crippen LogP) is 3.20. The normalized spacial score (nSPS) is 12.4. The number of aromatic nitrogens is 2. The predicted molar refractivity (Wildman–Crippen MR) is 80.6 cm³/mol. The van der Waals surface area contributed by atoms with Crippen molar-refractivity contribution >= 4 is 0 Å². The summed E-state index contributed by atoms with van der Waals surface area (Å²) in [6.07, 6.45) is 2.91. The molecule has 0 saturated carbocycles. The van der Waals surface area contributed by atoms with Crippen LogP contribution in [0.4, 0.5) is 4.39 Å². The monoisotopic (exact) mass is 291 g/mol. The van der Waals surface area contributed by atoms with Gasteiger partial charge in [-0.3, -0.25) is 4.68 Å². The smallest absolute Gasteiger partial charge is 0.132 e. The number of nitrogens with one attached hydrogen (secondary N) is 1. The van der Waals surface area contributed by atoms with Crippen molar-refractivity contribution in [1.82, 2.24) is 15.1 Å². The molecule has 0 radical (unpaired) electrons. The van der Waals surface area contributed by atoms with Gasteiger partial charge in [-0.25, -0.2) is 4.39 Å². The molecule has 4 nitrogen and oxygen atoms in total. The molecule has 21 heavy (non-hydrogen) atoms. The molecule has 0 fully saturated rings. The molecule has 0 spiro atoms. The highest BCUT2D eigenvalue weighted by Gasteiger charge is 2.12. The van der Waals surface area contributed by atoms with E-state index >= 15 is 0 Å². The number of aryl methyl sites for hydroxylation is 1. The van der Waals surface area contributed by atoms with Crippen molar-refractivity contribution in [2.24, 2.45) is 7.05 Å². The van der Waals surface area contributed by atoms with Crippen LogP contribution < -0.4 is 10.1 Å². The van der Waals surface area contributed by atoms with Crippen LogP contribution in [0.1, 0.15) is 37.6 Å². The molecular formula is C16H22FN3O. The van der Waals surface area contributed by atoms with Crippen LogP contribution in [0, 0.1) is 5.82 Å². The first-order chi connectivity index (χ1) is 10.1. The van der Waals surface area contributed by atoms with Crippen LogP contribution in [0.3, 0.4) is 0 Å². The van der Waals surface area contributed by atoms with Gasteiger partial charge in [0.25, 0.3) is 0 Å². The minimum Gasteiger partial charge on any atom is -0.487 e. The van der Waals surface area contributed by atoms with Crippen molar-refractivity contribution in [3.05, 3.63) is 47.5 Å². The minimum atomic E-state index is -0.294. The van der Waals surface area contributed by atoms with Gasteiger partial charge >= 0.3 is 0 Å². The van der Waals surface area contributed by atoms with E-state index in [2.05, 4.69) is 24.3 Å². The average molecular weight is 291 g/mol. The highest BCUT2D eigenvalue weighted by molar-refractivity contribution is 5.36. The number of ether oxygens (including phenoxy) is 1. The maximum absolute atomic E-state index is 13.5. The SMILES string of the molecule is CCCNC(C)c1ccc(F)cc1OCc1ccn(C)n1. The maximum Gasteiger partial charge on any atom is 0.132 e. The molecule has 1 heterocycles. The van der Waals surface area contributed by atoms with E-state index in [9.17, 15) is 4.39 Å². The topological polar surface area (TPSA) is 39.1 Å². The van der Waals surface area contributed by atoms with Crippen molar-refractivity contribution in [1.29, 1.82) is 0 Å². The average Bonchev–Trinajstić information content (AvgIpc) is 2.88. The lowest BCUT2D eigenvalue weighted by Crippen LogP contribution is -2.20. The molecule has 1 N–H and O–H groups in total. The number of hydrogen-bond donors (Lipinski definition) is 1. The summed E-state index contributed by atoms with van der Waals surface area (Å²) in [6, 6.07) is 6.67. The molecule has 0 aliphatic carbocycles. The lowest BCUT2D eigenvalue weighted by atomic mass is 10.1. The maximum atomic E-state index is 13.5. The minimum absolute atomic E-state index is 0.115. The number of nitrogens with zero attached hydrogens (tertiary/aromatic N) is 2. The van der Waals surface area contributed by atoms with E-state index in [1.54, 1.807) is 10.7 Å². The van der Waals surface area contributed by atoms with Crippen molar-refractivity contribution in [2.45, 2.75) is 32.9 Å². The van der Waals surface area contributed by atoms with Gasteiger partial charge in [-0.2, -0.15) is 5.10 Å². The van der Waals surface area contributed by atoms with Gasteiger partial charge in [0.15, 0.2) is 0 Å². The Balaban J connectivity index is 2.10. The van der Waals surface area contributed by atoms with Crippen LogP contribution in [0.5, 0.6) is 5.75 Å². The van der Waals surface area contributed by atoms with E-state index in [0.717, 1.165) is 24.2 Å². The van der Waals surface area contributed by atoms with Gasteiger partial charge in [0.1, 0.15) is 18.2 Å². The third kappa shape index (κ3) is 4.29. The first kappa shape index (κ1) is 15.5. The summed E-state index contributed by atoms with van der Waals surface area (Å²) in [5.41, 5.74) is 1.78. The molecule has 0 aliphatic rings. The summed E-state index contributed by atoms with van der Waals surface area (Å²) in [7, 11) is 1.86. The highest BCUT2D eigenvalue weighted by Crippen LogP contribution is 2.26. The highest BCUT2D eigenvalue weighted by atomic mass is 19.1. The van der Waals surface area contributed by atoms with Gasteiger partial charge < -0.3 is 10.1 Å². The first-order valence-corrected chi connectivity index (χ1v) is 7.24. The number of rotatable bonds is 7. The second-order valence-corrected chi connectivity index (χ2v) is 5.13. The Morgan fingerprint density at radius 1 is 1.38 bits per heavy atom. The standard InChI is InChI=1S/C16H22FN3O/c1-4-8-18-12(2)15-6-5-13(17)10-16(15)21-11-14-7-9-20(3)19-14/h5-7,9-10,12,18H,4,8,11H2,1-3H3. The second-order valence-electron chi connectivity index (χ2n) is 5.13. The zero-order chi connectivity index (χ0) is 15.2. The molecule has 0 amide bonds. The Hall–Kier alpha value is -1.88. The Morgan fingerprint density at radius 2 is 2.19 bits per heavy atom. The Labute approximate surface area is 124 Å². The largest absolute Gasteiger partial charge is 0.487 e. The molecule has 2 rings (SSSR count). The Bertz CT molecular complexity index is 583. The quantitative estimate of drug-likeness (QED) is 0.851. The van der Waals surface area contributed by atoms with Crippen LogP contribution in [0.15, 0.2) is 30.5 Å². The zero-order valence-electron chi connectivity index (χ0n) is 12.8. The molecule has 0 bridgehead atoms. The van der Waals surface area contributed by atoms with Gasteiger partial charge in [0, 0.05) is 30.9 Å². The van der Waals surface area contributed by atoms with Gasteiger partial charge in [-0.1, -0.05) is 13.0 Å². The number of halogens is 1. The molecule has 0 aliphatic heterocycles. The zero-order valence-corrected chi connectivity index (χ0v) is 12.8. The van der Waals surface area contributed by atoms with Crippen LogP contribution in [0.2, 0.25) is 0 Å². The summed E-state index contributed by atoms with van der Waals surface area (Å²) in [5, 5.41) is 7.64. The first-order valence-electron chi connectivity index (χ1n) is 7.24. The van der Waals surface area contributed by atoms with Crippen molar-refractivity contribution in [2.75, 3.05) is 6.54 Å². The van der Waals surface area contributed by atoms with E-state index in [0.29, 0.717) is 12.4 Å². The summed E-state index contributed by atoms with van der Waals surface area (Å²) < 4.78 is 21.0. The van der Waals surface area contributed by atoms with E-state index in [1.165, 1.54) is 12.1 Å². The van der Waals surface area contributed by atoms with Crippen molar-refractivity contribution in [3.63, 3.8) is 0 Å². The van der Waals surface area contributed by atoms with Crippen LogP contribution in [-0.4, -0.2) is 16.3 Å². The molecule has 2 aromatic rings. The lowest BCUT2D eigenvalue weighted by Gasteiger charge is -2.18. The van der Waals surface area contributed by atoms with E-state index in [4.69, 9.17) is 4.74 Å². The van der Waals surface area contributed by atoms with Crippen LogP contribution in [-0.2, 0) is 13.7 Å².